The van der Waals surface area contributed by atoms with Gasteiger partial charge >= 0.3 is 0 Å². The van der Waals surface area contributed by atoms with Crippen LogP contribution in [0.1, 0.15) is 30.3 Å². The van der Waals surface area contributed by atoms with Crippen molar-refractivity contribution in [1.29, 1.82) is 0 Å². The number of nitrogens with zero attached hydrogens (tertiary/aromatic N) is 1. The van der Waals surface area contributed by atoms with Crippen molar-refractivity contribution in [2.45, 2.75) is 25.0 Å². The summed E-state index contributed by atoms with van der Waals surface area (Å²) in [5, 5.41) is 3.27. The summed E-state index contributed by atoms with van der Waals surface area (Å²) in [5.74, 6) is 1.86. The van der Waals surface area contributed by atoms with Crippen LogP contribution in [-0.2, 0) is 0 Å². The van der Waals surface area contributed by atoms with Gasteiger partial charge in [0, 0.05) is 12.4 Å². The Bertz CT molecular complexity index is 506. The van der Waals surface area contributed by atoms with E-state index in [0.29, 0.717) is 6.10 Å². The van der Waals surface area contributed by atoms with Crippen molar-refractivity contribution in [2.75, 3.05) is 7.05 Å². The molecule has 1 aliphatic rings. The van der Waals surface area contributed by atoms with Gasteiger partial charge in [0.15, 0.2) is 0 Å². The van der Waals surface area contributed by atoms with Crippen molar-refractivity contribution in [2.24, 2.45) is 0 Å². The van der Waals surface area contributed by atoms with Crippen molar-refractivity contribution < 1.29 is 4.74 Å². The first kappa shape index (κ1) is 11.3. The second kappa shape index (κ2) is 4.82. The first-order valence-corrected chi connectivity index (χ1v) is 6.30. The van der Waals surface area contributed by atoms with Crippen LogP contribution in [0.25, 0.3) is 0 Å². The summed E-state index contributed by atoms with van der Waals surface area (Å²) in [7, 11) is 1.93. The molecular weight excluding hydrogens is 226 g/mol. The Labute approximate surface area is 106 Å². The zero-order valence-corrected chi connectivity index (χ0v) is 10.4. The Morgan fingerprint density at radius 2 is 2.33 bits per heavy atom. The van der Waals surface area contributed by atoms with E-state index >= 15 is 0 Å². The molecule has 94 valence electrons. The fraction of sp³-hybridized carbons (Fsp3) is 0.357. The number of H-pyrrole nitrogens is 1. The fourth-order valence-corrected chi connectivity index (χ4v) is 2.04. The summed E-state index contributed by atoms with van der Waals surface area (Å²) in [6, 6.07) is 8.28. The highest BCUT2D eigenvalue weighted by Crippen LogP contribution is 2.29. The number of hydrogen-bond donors (Lipinski definition) is 2. The highest BCUT2D eigenvalue weighted by atomic mass is 16.5. The SMILES string of the molecule is CNC(c1cccc(OC2CC2)c1)c1ncc[nH]1. The number of ether oxygens (including phenoxy) is 1. The molecule has 1 aromatic heterocycles. The number of nitrogens with one attached hydrogen (secondary N) is 2. The molecule has 0 saturated heterocycles. The molecule has 0 spiro atoms. The Hall–Kier alpha value is -1.81. The molecule has 2 aromatic rings. The van der Waals surface area contributed by atoms with Crippen molar-refractivity contribution in [3.63, 3.8) is 0 Å². The predicted molar refractivity (Wildman–Crippen MR) is 69.6 cm³/mol. The summed E-state index contributed by atoms with van der Waals surface area (Å²) in [5.41, 5.74) is 1.16. The lowest BCUT2D eigenvalue weighted by Crippen LogP contribution is -2.19. The smallest absolute Gasteiger partial charge is 0.127 e. The topological polar surface area (TPSA) is 49.9 Å². The molecule has 1 fully saturated rings. The minimum Gasteiger partial charge on any atom is -0.490 e. The van der Waals surface area contributed by atoms with Gasteiger partial charge in [-0.1, -0.05) is 12.1 Å². The number of aromatic nitrogens is 2. The van der Waals surface area contributed by atoms with E-state index in [-0.39, 0.29) is 6.04 Å². The molecule has 0 bridgehead atoms. The highest BCUT2D eigenvalue weighted by Gasteiger charge is 2.24. The van der Waals surface area contributed by atoms with Gasteiger partial charge in [-0.05, 0) is 37.6 Å². The third-order valence-corrected chi connectivity index (χ3v) is 3.10. The molecule has 4 nitrogen and oxygen atoms in total. The molecule has 0 aliphatic heterocycles. The minimum atomic E-state index is 0.0720. The molecular formula is C14H17N3O. The summed E-state index contributed by atoms with van der Waals surface area (Å²) in [6.07, 6.45) is 6.39. The second-order valence-corrected chi connectivity index (χ2v) is 4.59. The molecule has 2 N–H and O–H groups in total. The first-order chi connectivity index (χ1) is 8.86. The van der Waals surface area contributed by atoms with E-state index in [2.05, 4.69) is 27.4 Å². The van der Waals surface area contributed by atoms with Gasteiger partial charge in [0.25, 0.3) is 0 Å². The van der Waals surface area contributed by atoms with Crippen LogP contribution < -0.4 is 10.1 Å². The number of aromatic amines is 1. The lowest BCUT2D eigenvalue weighted by Gasteiger charge is -2.15. The van der Waals surface area contributed by atoms with Crippen molar-refractivity contribution in [3.05, 3.63) is 48.0 Å². The van der Waals surface area contributed by atoms with E-state index in [1.54, 1.807) is 6.20 Å². The Morgan fingerprint density at radius 1 is 1.44 bits per heavy atom. The molecule has 18 heavy (non-hydrogen) atoms. The maximum Gasteiger partial charge on any atom is 0.127 e. The summed E-state index contributed by atoms with van der Waals surface area (Å²) in [4.78, 5) is 7.45. The maximum atomic E-state index is 5.82. The molecule has 3 rings (SSSR count). The van der Waals surface area contributed by atoms with Crippen LogP contribution in [-0.4, -0.2) is 23.1 Å². The molecule has 4 heteroatoms. The number of benzene rings is 1. The van der Waals surface area contributed by atoms with Crippen LogP contribution in [0.5, 0.6) is 5.75 Å². The van der Waals surface area contributed by atoms with Crippen molar-refractivity contribution in [3.8, 4) is 5.75 Å². The van der Waals surface area contributed by atoms with Gasteiger partial charge < -0.3 is 15.0 Å². The number of rotatable bonds is 5. The van der Waals surface area contributed by atoms with Crippen LogP contribution in [0.3, 0.4) is 0 Å². The Balaban J connectivity index is 1.84. The van der Waals surface area contributed by atoms with Crippen molar-refractivity contribution >= 4 is 0 Å². The normalized spacial score (nSPS) is 16.5. The largest absolute Gasteiger partial charge is 0.490 e. The van der Waals surface area contributed by atoms with E-state index in [4.69, 9.17) is 4.74 Å². The zero-order valence-electron chi connectivity index (χ0n) is 10.4. The molecule has 0 amide bonds. The van der Waals surface area contributed by atoms with Crippen LogP contribution in [0.4, 0.5) is 0 Å². The average Bonchev–Trinajstić information content (AvgIpc) is 3.04. The third-order valence-electron chi connectivity index (χ3n) is 3.10. The second-order valence-electron chi connectivity index (χ2n) is 4.59. The lowest BCUT2D eigenvalue weighted by molar-refractivity contribution is 0.302. The van der Waals surface area contributed by atoms with Crippen molar-refractivity contribution in [1.82, 2.24) is 15.3 Å². The van der Waals surface area contributed by atoms with Gasteiger partial charge in [-0.3, -0.25) is 0 Å². The summed E-state index contributed by atoms with van der Waals surface area (Å²) >= 11 is 0. The minimum absolute atomic E-state index is 0.0720. The molecule has 0 radical (unpaired) electrons. The molecule has 1 aliphatic carbocycles. The molecule has 1 saturated carbocycles. The number of hydrogen-bond acceptors (Lipinski definition) is 3. The third kappa shape index (κ3) is 2.38. The van der Waals surface area contributed by atoms with Gasteiger partial charge in [-0.2, -0.15) is 0 Å². The number of imidazole rings is 1. The summed E-state index contributed by atoms with van der Waals surface area (Å²) in [6.45, 7) is 0. The van der Waals surface area contributed by atoms with E-state index in [1.807, 2.05) is 25.4 Å². The molecule has 1 unspecified atom stereocenters. The fourth-order valence-electron chi connectivity index (χ4n) is 2.04. The first-order valence-electron chi connectivity index (χ1n) is 6.30. The molecule has 1 aromatic carbocycles. The van der Waals surface area contributed by atoms with E-state index in [0.717, 1.165) is 17.1 Å². The Kier molecular flexibility index (Phi) is 3.02. The van der Waals surface area contributed by atoms with E-state index in [1.165, 1.54) is 12.8 Å². The van der Waals surface area contributed by atoms with Crippen LogP contribution >= 0.6 is 0 Å². The monoisotopic (exact) mass is 243 g/mol. The van der Waals surface area contributed by atoms with Crippen LogP contribution in [0.2, 0.25) is 0 Å². The van der Waals surface area contributed by atoms with Gasteiger partial charge in [0.05, 0.1) is 12.1 Å². The molecule has 1 heterocycles. The van der Waals surface area contributed by atoms with Gasteiger partial charge in [0.2, 0.25) is 0 Å². The van der Waals surface area contributed by atoms with Crippen LogP contribution in [0, 0.1) is 0 Å². The quantitative estimate of drug-likeness (QED) is 0.847. The predicted octanol–water partition coefficient (Wildman–Crippen LogP) is 2.26. The van der Waals surface area contributed by atoms with Crippen LogP contribution in [0.15, 0.2) is 36.7 Å². The summed E-state index contributed by atoms with van der Waals surface area (Å²) < 4.78 is 5.82. The Morgan fingerprint density at radius 3 is 3.00 bits per heavy atom. The van der Waals surface area contributed by atoms with E-state index in [9.17, 15) is 0 Å². The lowest BCUT2D eigenvalue weighted by atomic mass is 10.1. The standard InChI is InChI=1S/C14H17N3O/c1-15-13(14-16-7-8-17-14)10-3-2-4-12(9-10)18-11-5-6-11/h2-4,7-9,11,13,15H,5-6H2,1H3,(H,16,17). The van der Waals surface area contributed by atoms with Gasteiger partial charge in [-0.15, -0.1) is 0 Å². The van der Waals surface area contributed by atoms with E-state index < -0.39 is 0 Å². The average molecular weight is 243 g/mol. The van der Waals surface area contributed by atoms with Gasteiger partial charge in [-0.25, -0.2) is 4.98 Å². The zero-order chi connectivity index (χ0) is 12.4. The highest BCUT2D eigenvalue weighted by molar-refractivity contribution is 5.33. The maximum absolute atomic E-state index is 5.82. The van der Waals surface area contributed by atoms with Gasteiger partial charge in [0.1, 0.15) is 11.6 Å². The molecule has 1 atom stereocenters.